The second kappa shape index (κ2) is 2.43. The molecule has 1 fully saturated rings. The number of alkyl halides is 2. The van der Waals surface area contributed by atoms with Crippen molar-refractivity contribution in [2.24, 2.45) is 11.3 Å². The van der Waals surface area contributed by atoms with E-state index < -0.39 is 5.92 Å². The molecular formula is C9H16F2. The number of halogens is 2. The summed E-state index contributed by atoms with van der Waals surface area (Å²) in [5, 5.41) is 0. The molecule has 0 N–H and O–H groups in total. The van der Waals surface area contributed by atoms with Gasteiger partial charge in [-0.2, -0.15) is 0 Å². The van der Waals surface area contributed by atoms with E-state index in [0.717, 1.165) is 0 Å². The van der Waals surface area contributed by atoms with E-state index in [4.69, 9.17) is 0 Å². The zero-order chi connectivity index (χ0) is 8.70. The van der Waals surface area contributed by atoms with E-state index in [2.05, 4.69) is 0 Å². The summed E-state index contributed by atoms with van der Waals surface area (Å²) >= 11 is 0. The van der Waals surface area contributed by atoms with Crippen LogP contribution in [-0.2, 0) is 0 Å². The molecule has 11 heavy (non-hydrogen) atoms. The lowest BCUT2D eigenvalue weighted by atomic mass is 9.71. The van der Waals surface area contributed by atoms with E-state index in [0.29, 0.717) is 12.8 Å². The Morgan fingerprint density at radius 2 is 1.91 bits per heavy atom. The molecule has 1 rings (SSSR count). The molecule has 0 aromatic carbocycles. The van der Waals surface area contributed by atoms with Gasteiger partial charge in [0.15, 0.2) is 0 Å². The molecule has 0 aromatic rings. The van der Waals surface area contributed by atoms with Gasteiger partial charge in [-0.15, -0.1) is 0 Å². The summed E-state index contributed by atoms with van der Waals surface area (Å²) in [7, 11) is 0. The molecule has 0 aliphatic heterocycles. The number of rotatable bonds is 1. The Balaban J connectivity index is 2.40. The minimum Gasteiger partial charge on any atom is -0.207 e. The maximum absolute atomic E-state index is 12.7. The average molecular weight is 162 g/mol. The lowest BCUT2D eigenvalue weighted by Gasteiger charge is -2.39. The smallest absolute Gasteiger partial charge is 0.207 e. The highest BCUT2D eigenvalue weighted by Crippen LogP contribution is 2.48. The molecule has 1 aliphatic rings. The SMILES string of the molecule is CC(C)(C)C[C@@H]1CCC1(F)F. The van der Waals surface area contributed by atoms with E-state index in [1.165, 1.54) is 0 Å². The third kappa shape index (κ3) is 2.14. The molecule has 66 valence electrons. The standard InChI is InChI=1S/C9H16F2/c1-8(2,3)6-7-4-5-9(7,10)11/h7H,4-6H2,1-3H3/t7-/m0/s1. The molecule has 0 radical (unpaired) electrons. The van der Waals surface area contributed by atoms with Crippen LogP contribution in [0.25, 0.3) is 0 Å². The molecule has 1 atom stereocenters. The Hall–Kier alpha value is -0.140. The fraction of sp³-hybridized carbons (Fsp3) is 1.00. The van der Waals surface area contributed by atoms with Crippen LogP contribution in [0, 0.1) is 11.3 Å². The summed E-state index contributed by atoms with van der Waals surface area (Å²) in [5.74, 6) is -2.70. The van der Waals surface area contributed by atoms with Crippen LogP contribution in [-0.4, -0.2) is 5.92 Å². The normalized spacial score (nSPS) is 29.7. The fourth-order valence-electron chi connectivity index (χ4n) is 1.56. The van der Waals surface area contributed by atoms with Gasteiger partial charge in [0, 0.05) is 12.3 Å². The van der Waals surface area contributed by atoms with Gasteiger partial charge in [-0.05, 0) is 18.3 Å². The lowest BCUT2D eigenvalue weighted by Crippen LogP contribution is -2.40. The fourth-order valence-corrected chi connectivity index (χ4v) is 1.56. The van der Waals surface area contributed by atoms with Crippen LogP contribution < -0.4 is 0 Å². The quantitative estimate of drug-likeness (QED) is 0.553. The summed E-state index contributed by atoms with van der Waals surface area (Å²) in [4.78, 5) is 0. The largest absolute Gasteiger partial charge is 0.250 e. The van der Waals surface area contributed by atoms with Crippen LogP contribution in [0.1, 0.15) is 40.0 Å². The van der Waals surface area contributed by atoms with Gasteiger partial charge < -0.3 is 0 Å². The summed E-state index contributed by atoms with van der Waals surface area (Å²) in [6.45, 7) is 6.05. The van der Waals surface area contributed by atoms with Gasteiger partial charge in [0.1, 0.15) is 0 Å². The van der Waals surface area contributed by atoms with E-state index in [9.17, 15) is 8.78 Å². The molecule has 1 saturated carbocycles. The van der Waals surface area contributed by atoms with Crippen molar-refractivity contribution < 1.29 is 8.78 Å². The van der Waals surface area contributed by atoms with Crippen molar-refractivity contribution in [1.82, 2.24) is 0 Å². The Bertz CT molecular complexity index is 144. The van der Waals surface area contributed by atoms with Crippen molar-refractivity contribution in [2.75, 3.05) is 0 Å². The predicted molar refractivity (Wildman–Crippen MR) is 41.7 cm³/mol. The van der Waals surface area contributed by atoms with Gasteiger partial charge in [0.2, 0.25) is 0 Å². The molecule has 2 heteroatoms. The van der Waals surface area contributed by atoms with Crippen LogP contribution in [0.2, 0.25) is 0 Å². The highest BCUT2D eigenvalue weighted by molar-refractivity contribution is 4.90. The molecule has 0 aromatic heterocycles. The van der Waals surface area contributed by atoms with Crippen LogP contribution >= 0.6 is 0 Å². The molecule has 0 unspecified atom stereocenters. The summed E-state index contributed by atoms with van der Waals surface area (Å²) in [5.41, 5.74) is 0.0501. The third-order valence-corrected chi connectivity index (χ3v) is 2.28. The van der Waals surface area contributed by atoms with Crippen molar-refractivity contribution in [3.63, 3.8) is 0 Å². The Labute approximate surface area is 67.0 Å². The molecule has 0 nitrogen and oxygen atoms in total. The van der Waals surface area contributed by atoms with Gasteiger partial charge in [-0.1, -0.05) is 20.8 Å². The van der Waals surface area contributed by atoms with Crippen LogP contribution in [0.15, 0.2) is 0 Å². The summed E-state index contributed by atoms with van der Waals surface area (Å²) in [6.07, 6.45) is 1.47. The van der Waals surface area contributed by atoms with Gasteiger partial charge in [-0.3, -0.25) is 0 Å². The van der Waals surface area contributed by atoms with E-state index in [-0.39, 0.29) is 17.8 Å². The van der Waals surface area contributed by atoms with Crippen molar-refractivity contribution in [3.05, 3.63) is 0 Å². The Morgan fingerprint density at radius 3 is 2.00 bits per heavy atom. The summed E-state index contributed by atoms with van der Waals surface area (Å²) in [6, 6.07) is 0. The number of hydrogen-bond donors (Lipinski definition) is 0. The highest BCUT2D eigenvalue weighted by Gasteiger charge is 2.48. The first kappa shape index (κ1) is 8.95. The molecule has 0 saturated heterocycles. The van der Waals surface area contributed by atoms with E-state index in [1.807, 2.05) is 20.8 Å². The van der Waals surface area contributed by atoms with Crippen molar-refractivity contribution in [1.29, 1.82) is 0 Å². The first-order valence-corrected chi connectivity index (χ1v) is 4.19. The molecular weight excluding hydrogens is 146 g/mol. The second-order valence-electron chi connectivity index (χ2n) is 4.76. The zero-order valence-corrected chi connectivity index (χ0v) is 7.45. The molecule has 0 amide bonds. The maximum atomic E-state index is 12.7. The summed E-state index contributed by atoms with van der Waals surface area (Å²) < 4.78 is 25.5. The number of hydrogen-bond acceptors (Lipinski definition) is 0. The van der Waals surface area contributed by atoms with Crippen LogP contribution in [0.5, 0.6) is 0 Å². The van der Waals surface area contributed by atoms with Crippen LogP contribution in [0.3, 0.4) is 0 Å². The van der Waals surface area contributed by atoms with Crippen molar-refractivity contribution >= 4 is 0 Å². The molecule has 0 heterocycles. The minimum atomic E-state index is -2.35. The monoisotopic (exact) mass is 162 g/mol. The van der Waals surface area contributed by atoms with Crippen molar-refractivity contribution in [3.8, 4) is 0 Å². The second-order valence-corrected chi connectivity index (χ2v) is 4.76. The van der Waals surface area contributed by atoms with E-state index in [1.54, 1.807) is 0 Å². The lowest BCUT2D eigenvalue weighted by molar-refractivity contribution is -0.143. The van der Waals surface area contributed by atoms with E-state index >= 15 is 0 Å². The first-order valence-electron chi connectivity index (χ1n) is 4.19. The third-order valence-electron chi connectivity index (χ3n) is 2.28. The molecule has 0 spiro atoms. The highest BCUT2D eigenvalue weighted by atomic mass is 19.3. The van der Waals surface area contributed by atoms with Gasteiger partial charge in [-0.25, -0.2) is 8.78 Å². The average Bonchev–Trinajstić information content (AvgIpc) is 1.79. The van der Waals surface area contributed by atoms with Crippen molar-refractivity contribution in [2.45, 2.75) is 46.0 Å². The van der Waals surface area contributed by atoms with Gasteiger partial charge >= 0.3 is 0 Å². The zero-order valence-electron chi connectivity index (χ0n) is 7.45. The topological polar surface area (TPSA) is 0 Å². The first-order chi connectivity index (χ1) is 4.81. The van der Waals surface area contributed by atoms with Gasteiger partial charge in [0.05, 0.1) is 0 Å². The molecule has 0 bridgehead atoms. The Kier molecular flexibility index (Phi) is 1.97. The maximum Gasteiger partial charge on any atom is 0.250 e. The Morgan fingerprint density at radius 1 is 1.36 bits per heavy atom. The van der Waals surface area contributed by atoms with Gasteiger partial charge in [0.25, 0.3) is 5.92 Å². The van der Waals surface area contributed by atoms with Crippen LogP contribution in [0.4, 0.5) is 8.78 Å². The molecule has 1 aliphatic carbocycles. The predicted octanol–water partition coefficient (Wildman–Crippen LogP) is 3.47. The minimum absolute atomic E-state index is 0.0501.